The summed E-state index contributed by atoms with van der Waals surface area (Å²) in [5.41, 5.74) is 1.64. The predicted octanol–water partition coefficient (Wildman–Crippen LogP) is 2.90. The molecule has 0 saturated carbocycles. The normalized spacial score (nSPS) is 12.2. The molecule has 1 aromatic rings. The number of benzene rings is 1. The lowest BCUT2D eigenvalue weighted by atomic mass is 10.1. The summed E-state index contributed by atoms with van der Waals surface area (Å²) in [6, 6.07) is 5.59. The van der Waals surface area contributed by atoms with Crippen molar-refractivity contribution < 1.29 is 9.53 Å². The predicted molar refractivity (Wildman–Crippen MR) is 75.8 cm³/mol. The van der Waals surface area contributed by atoms with Gasteiger partial charge in [-0.1, -0.05) is 37.9 Å². The van der Waals surface area contributed by atoms with Gasteiger partial charge in [0.15, 0.2) is 0 Å². The summed E-state index contributed by atoms with van der Waals surface area (Å²) in [7, 11) is 1.63. The van der Waals surface area contributed by atoms with Crippen molar-refractivity contribution in [3.8, 4) is 0 Å². The number of ether oxygens (including phenoxy) is 1. The Balaban J connectivity index is 2.61. The molecule has 0 heterocycles. The van der Waals surface area contributed by atoms with E-state index in [4.69, 9.17) is 4.74 Å². The van der Waals surface area contributed by atoms with Gasteiger partial charge in [-0.15, -0.1) is 0 Å². The third-order valence-corrected chi connectivity index (χ3v) is 3.79. The van der Waals surface area contributed by atoms with E-state index >= 15 is 0 Å². The van der Waals surface area contributed by atoms with Crippen molar-refractivity contribution in [2.75, 3.05) is 20.3 Å². The summed E-state index contributed by atoms with van der Waals surface area (Å²) in [5.74, 6) is -0.0654. The number of methoxy groups -OCH3 is 1. The Labute approximate surface area is 118 Å². The van der Waals surface area contributed by atoms with E-state index in [1.54, 1.807) is 7.11 Å². The molecule has 1 amide bonds. The number of carbonyl (C=O) groups excluding carboxylic acids is 1. The van der Waals surface area contributed by atoms with E-state index in [0.29, 0.717) is 18.7 Å². The highest BCUT2D eigenvalue weighted by atomic mass is 79.9. The van der Waals surface area contributed by atoms with Crippen molar-refractivity contribution in [2.45, 2.75) is 11.8 Å². The lowest BCUT2D eigenvalue weighted by Gasteiger charge is -2.12. The molecule has 0 aliphatic rings. The van der Waals surface area contributed by atoms with E-state index in [1.165, 1.54) is 0 Å². The van der Waals surface area contributed by atoms with E-state index in [9.17, 15) is 4.79 Å². The van der Waals surface area contributed by atoms with Gasteiger partial charge in [-0.3, -0.25) is 4.79 Å². The first-order chi connectivity index (χ1) is 8.06. The minimum absolute atomic E-state index is 0.0654. The van der Waals surface area contributed by atoms with E-state index in [-0.39, 0.29) is 10.7 Å². The van der Waals surface area contributed by atoms with Gasteiger partial charge in [0.1, 0.15) is 0 Å². The van der Waals surface area contributed by atoms with Crippen LogP contribution in [0.1, 0.15) is 15.9 Å². The molecule has 94 valence electrons. The summed E-state index contributed by atoms with van der Waals surface area (Å²) in [5, 5.41) is 2.86. The minimum Gasteiger partial charge on any atom is -0.383 e. The molecule has 1 rings (SSSR count). The van der Waals surface area contributed by atoms with Crippen LogP contribution in [0.4, 0.5) is 0 Å². The molecule has 0 bridgehead atoms. The van der Waals surface area contributed by atoms with Crippen LogP contribution < -0.4 is 5.32 Å². The first-order valence-electron chi connectivity index (χ1n) is 5.22. The Morgan fingerprint density at radius 2 is 2.24 bits per heavy atom. The fraction of sp³-hybridized carbons (Fsp3) is 0.417. The molecule has 1 unspecified atom stereocenters. The summed E-state index contributed by atoms with van der Waals surface area (Å²) in [4.78, 5) is 12.1. The molecule has 0 saturated heterocycles. The molecule has 0 spiro atoms. The fourth-order valence-corrected chi connectivity index (χ4v) is 2.18. The maximum Gasteiger partial charge on any atom is 0.251 e. The van der Waals surface area contributed by atoms with E-state index in [1.807, 2.05) is 25.1 Å². The van der Waals surface area contributed by atoms with Crippen LogP contribution in [0, 0.1) is 6.92 Å². The van der Waals surface area contributed by atoms with Crippen LogP contribution in [0.15, 0.2) is 22.7 Å². The van der Waals surface area contributed by atoms with E-state index < -0.39 is 0 Å². The summed E-state index contributed by atoms with van der Waals surface area (Å²) >= 11 is 6.83. The summed E-state index contributed by atoms with van der Waals surface area (Å²) in [6.45, 7) is 3.02. The number of nitrogens with one attached hydrogen (secondary N) is 1. The Morgan fingerprint density at radius 3 is 2.88 bits per heavy atom. The van der Waals surface area contributed by atoms with Crippen molar-refractivity contribution in [3.63, 3.8) is 0 Å². The second kappa shape index (κ2) is 7.13. The van der Waals surface area contributed by atoms with Crippen LogP contribution in [0.3, 0.4) is 0 Å². The van der Waals surface area contributed by atoms with Gasteiger partial charge in [0, 0.05) is 23.7 Å². The van der Waals surface area contributed by atoms with Crippen LogP contribution in [0.2, 0.25) is 0 Å². The molecule has 0 aliphatic heterocycles. The number of hydrogen-bond donors (Lipinski definition) is 1. The zero-order valence-corrected chi connectivity index (χ0v) is 13.0. The Kier molecular flexibility index (Phi) is 6.16. The van der Waals surface area contributed by atoms with Crippen molar-refractivity contribution in [3.05, 3.63) is 33.8 Å². The second-order valence-electron chi connectivity index (χ2n) is 3.68. The number of hydrogen-bond acceptors (Lipinski definition) is 2. The zero-order chi connectivity index (χ0) is 12.8. The molecule has 1 N–H and O–H groups in total. The number of amides is 1. The Hall–Kier alpha value is -0.390. The topological polar surface area (TPSA) is 38.3 Å². The van der Waals surface area contributed by atoms with Gasteiger partial charge in [0.2, 0.25) is 0 Å². The number of rotatable bonds is 5. The van der Waals surface area contributed by atoms with Gasteiger partial charge < -0.3 is 10.1 Å². The minimum atomic E-state index is -0.0654. The Bertz CT molecular complexity index is 396. The highest BCUT2D eigenvalue weighted by Crippen LogP contribution is 2.19. The maximum absolute atomic E-state index is 11.9. The van der Waals surface area contributed by atoms with Gasteiger partial charge in [0.25, 0.3) is 5.91 Å². The molecule has 0 radical (unpaired) electrons. The molecular weight excluding hydrogens is 350 g/mol. The van der Waals surface area contributed by atoms with Crippen molar-refractivity contribution in [2.24, 2.45) is 0 Å². The van der Waals surface area contributed by atoms with Gasteiger partial charge >= 0.3 is 0 Å². The molecular formula is C12H15Br2NO2. The SMILES string of the molecule is COCC(Br)CNC(=O)c1cccc(Br)c1C. The van der Waals surface area contributed by atoms with Crippen molar-refractivity contribution in [1.82, 2.24) is 5.32 Å². The average Bonchev–Trinajstić information content (AvgIpc) is 2.30. The molecule has 5 heteroatoms. The van der Waals surface area contributed by atoms with E-state index in [0.717, 1.165) is 10.0 Å². The molecule has 17 heavy (non-hydrogen) atoms. The smallest absolute Gasteiger partial charge is 0.251 e. The van der Waals surface area contributed by atoms with Crippen LogP contribution in [-0.2, 0) is 4.74 Å². The lowest BCUT2D eigenvalue weighted by Crippen LogP contribution is -2.31. The third-order valence-electron chi connectivity index (χ3n) is 2.34. The summed E-state index contributed by atoms with van der Waals surface area (Å²) < 4.78 is 5.92. The van der Waals surface area contributed by atoms with Crippen LogP contribution in [-0.4, -0.2) is 31.0 Å². The molecule has 1 aromatic carbocycles. The van der Waals surface area contributed by atoms with Crippen LogP contribution in [0.25, 0.3) is 0 Å². The van der Waals surface area contributed by atoms with Crippen LogP contribution in [0.5, 0.6) is 0 Å². The van der Waals surface area contributed by atoms with Gasteiger partial charge in [-0.05, 0) is 24.6 Å². The maximum atomic E-state index is 11.9. The first kappa shape index (κ1) is 14.7. The van der Waals surface area contributed by atoms with Gasteiger partial charge in [-0.25, -0.2) is 0 Å². The van der Waals surface area contributed by atoms with Crippen molar-refractivity contribution in [1.29, 1.82) is 0 Å². The van der Waals surface area contributed by atoms with Crippen LogP contribution >= 0.6 is 31.9 Å². The first-order valence-corrected chi connectivity index (χ1v) is 6.93. The standard InChI is InChI=1S/C12H15Br2NO2/c1-8-10(4-3-5-11(8)14)12(16)15-6-9(13)7-17-2/h3-5,9H,6-7H2,1-2H3,(H,15,16). The van der Waals surface area contributed by atoms with Gasteiger partial charge in [-0.2, -0.15) is 0 Å². The highest BCUT2D eigenvalue weighted by Gasteiger charge is 2.12. The second-order valence-corrected chi connectivity index (χ2v) is 5.82. The fourth-order valence-electron chi connectivity index (χ4n) is 1.39. The summed E-state index contributed by atoms with van der Waals surface area (Å²) in [6.07, 6.45) is 0. The number of carbonyl (C=O) groups is 1. The molecule has 3 nitrogen and oxygen atoms in total. The monoisotopic (exact) mass is 363 g/mol. The molecule has 0 aromatic heterocycles. The molecule has 1 atom stereocenters. The average molecular weight is 365 g/mol. The molecule has 0 aliphatic carbocycles. The molecule has 0 fully saturated rings. The highest BCUT2D eigenvalue weighted by molar-refractivity contribution is 9.10. The van der Waals surface area contributed by atoms with Crippen molar-refractivity contribution >= 4 is 37.8 Å². The zero-order valence-electron chi connectivity index (χ0n) is 9.80. The number of alkyl halides is 1. The third kappa shape index (κ3) is 4.41. The van der Waals surface area contributed by atoms with E-state index in [2.05, 4.69) is 37.2 Å². The quantitative estimate of drug-likeness (QED) is 0.816. The Morgan fingerprint density at radius 1 is 1.53 bits per heavy atom. The lowest BCUT2D eigenvalue weighted by molar-refractivity contribution is 0.0949. The largest absolute Gasteiger partial charge is 0.383 e. The van der Waals surface area contributed by atoms with Gasteiger partial charge in [0.05, 0.1) is 11.4 Å². The number of halogens is 2.